The van der Waals surface area contributed by atoms with Gasteiger partial charge < -0.3 is 24.6 Å². The first kappa shape index (κ1) is 31.5. The minimum absolute atomic E-state index is 0.0335. The van der Waals surface area contributed by atoms with Gasteiger partial charge in [-0.2, -0.15) is 11.8 Å². The van der Waals surface area contributed by atoms with E-state index in [9.17, 15) is 9.18 Å². The summed E-state index contributed by atoms with van der Waals surface area (Å²) in [5, 5.41) is 3.70. The summed E-state index contributed by atoms with van der Waals surface area (Å²) in [5.41, 5.74) is 2.77. The average Bonchev–Trinajstić information content (AvgIpc) is 2.99. The maximum absolute atomic E-state index is 14.3. The fourth-order valence-electron chi connectivity index (χ4n) is 7.05. The molecule has 1 aliphatic carbocycles. The Kier molecular flexibility index (Phi) is 9.46. The molecule has 3 aliphatic rings. The van der Waals surface area contributed by atoms with Crippen molar-refractivity contribution >= 4 is 23.5 Å². The molecule has 0 radical (unpaired) electrons. The highest BCUT2D eigenvalue weighted by Gasteiger charge is 2.54. The van der Waals surface area contributed by atoms with E-state index in [4.69, 9.17) is 14.5 Å². The summed E-state index contributed by atoms with van der Waals surface area (Å²) in [7, 11) is 0. The Labute approximate surface area is 269 Å². The van der Waals surface area contributed by atoms with E-state index in [2.05, 4.69) is 26.4 Å². The molecule has 2 aliphatic heterocycles. The number of aromatic nitrogens is 3. The van der Waals surface area contributed by atoms with Crippen molar-refractivity contribution in [3.63, 3.8) is 0 Å². The third-order valence-corrected chi connectivity index (χ3v) is 9.91. The van der Waals surface area contributed by atoms with Gasteiger partial charge in [0.25, 0.3) is 5.91 Å². The molecule has 1 N–H and O–H groups in total. The summed E-state index contributed by atoms with van der Waals surface area (Å²) in [4.78, 5) is 30.6. The molecule has 1 amide bonds. The Bertz CT molecular complexity index is 1510. The normalized spacial score (nSPS) is 18.7. The molecule has 3 aromatic rings. The van der Waals surface area contributed by atoms with Crippen LogP contribution in [0, 0.1) is 11.2 Å². The summed E-state index contributed by atoms with van der Waals surface area (Å²) >= 11 is 1.89. The highest BCUT2D eigenvalue weighted by atomic mass is 32.2. The van der Waals surface area contributed by atoms with Crippen LogP contribution in [0.15, 0.2) is 43.0 Å². The van der Waals surface area contributed by atoms with Gasteiger partial charge in [-0.05, 0) is 82.7 Å². The second-order valence-corrected chi connectivity index (χ2v) is 13.7. The number of fused-ring (bicyclic) bond motifs is 1. The van der Waals surface area contributed by atoms with Crippen LogP contribution in [0.5, 0.6) is 17.2 Å². The quantitative estimate of drug-likeness (QED) is 0.239. The van der Waals surface area contributed by atoms with Crippen LogP contribution in [-0.2, 0) is 6.42 Å². The summed E-state index contributed by atoms with van der Waals surface area (Å²) in [6.45, 7) is 8.91. The minimum Gasteiger partial charge on any atom is -0.490 e. The number of carbonyl (C=O) groups excluding carboxylic acids is 1. The van der Waals surface area contributed by atoms with E-state index in [1.54, 1.807) is 11.1 Å². The number of halogens is 1. The van der Waals surface area contributed by atoms with Crippen molar-refractivity contribution in [2.45, 2.75) is 71.1 Å². The number of nitrogens with one attached hydrogen (secondary N) is 1. The first-order valence-corrected chi connectivity index (χ1v) is 17.4. The van der Waals surface area contributed by atoms with E-state index in [0.29, 0.717) is 24.2 Å². The topological polar surface area (TPSA) is 92.7 Å². The van der Waals surface area contributed by atoms with Crippen LogP contribution in [0.2, 0.25) is 0 Å². The molecular weight excluding hydrogens is 591 g/mol. The van der Waals surface area contributed by atoms with Crippen molar-refractivity contribution in [2.75, 3.05) is 43.1 Å². The molecule has 2 aromatic heterocycles. The molecule has 240 valence electrons. The molecule has 1 spiro atoms. The number of carbonyl (C=O) groups is 1. The predicted molar refractivity (Wildman–Crippen MR) is 175 cm³/mol. The van der Waals surface area contributed by atoms with Crippen LogP contribution >= 0.6 is 11.8 Å². The zero-order valence-electron chi connectivity index (χ0n) is 26.6. The third kappa shape index (κ3) is 6.60. The van der Waals surface area contributed by atoms with E-state index in [1.807, 2.05) is 44.8 Å². The number of hydrogen-bond donors (Lipinski definition) is 1. The average molecular weight is 635 g/mol. The van der Waals surface area contributed by atoms with Gasteiger partial charge in [0, 0.05) is 61.9 Å². The Morgan fingerprint density at radius 1 is 1.20 bits per heavy atom. The van der Waals surface area contributed by atoms with Gasteiger partial charge in [-0.15, -0.1) is 0 Å². The Morgan fingerprint density at radius 2 is 2.02 bits per heavy atom. The number of thioether (sulfide) groups is 1. The maximum Gasteiger partial charge on any atom is 0.257 e. The monoisotopic (exact) mass is 634 g/mol. The lowest BCUT2D eigenvalue weighted by Gasteiger charge is -2.59. The molecular formula is C34H43FN6O3S. The van der Waals surface area contributed by atoms with E-state index in [0.717, 1.165) is 68.9 Å². The number of benzene rings is 1. The summed E-state index contributed by atoms with van der Waals surface area (Å²) in [6, 6.07) is 6.33. The Hall–Kier alpha value is -3.44. The van der Waals surface area contributed by atoms with Crippen LogP contribution in [0.1, 0.15) is 74.1 Å². The van der Waals surface area contributed by atoms with Gasteiger partial charge in [-0.1, -0.05) is 0 Å². The number of rotatable bonds is 12. The van der Waals surface area contributed by atoms with Crippen molar-refractivity contribution in [1.29, 1.82) is 0 Å². The van der Waals surface area contributed by atoms with E-state index in [1.165, 1.54) is 30.1 Å². The second kappa shape index (κ2) is 13.5. The van der Waals surface area contributed by atoms with Gasteiger partial charge in [-0.25, -0.2) is 14.4 Å². The first-order chi connectivity index (χ1) is 21.8. The van der Waals surface area contributed by atoms with Gasteiger partial charge in [0.05, 0.1) is 17.5 Å². The number of ether oxygens (including phenoxy) is 2. The zero-order chi connectivity index (χ0) is 31.6. The molecule has 0 bridgehead atoms. The fourth-order valence-corrected chi connectivity index (χ4v) is 7.51. The standard InChI is InChI=1S/C34H43FN6O3S/c1-5-41(22(2)3)33(42)25-15-23(35)8-9-28(25)44-30-18-36-21-39-32(30)40-19-34(20-40)16-24(17-34)43-29-11-13-38-27-10-12-37-26(31(27)29)7-6-14-45-4/h8-9,11,13,15,18,21-22,24,26,37H,5-7,10,12,14,16-17,19-20H2,1-4H3. The van der Waals surface area contributed by atoms with Crippen molar-refractivity contribution in [3.05, 3.63) is 65.6 Å². The van der Waals surface area contributed by atoms with Crippen molar-refractivity contribution < 1.29 is 18.7 Å². The third-order valence-electron chi connectivity index (χ3n) is 9.22. The molecule has 4 heterocycles. The molecule has 1 atom stereocenters. The van der Waals surface area contributed by atoms with Crippen LogP contribution in [-0.4, -0.2) is 76.1 Å². The van der Waals surface area contributed by atoms with Gasteiger partial charge in [-0.3, -0.25) is 9.78 Å². The second-order valence-electron chi connectivity index (χ2n) is 12.7. The number of amides is 1. The summed E-state index contributed by atoms with van der Waals surface area (Å²) in [6.07, 6.45) is 12.5. The minimum atomic E-state index is -0.490. The molecule has 1 unspecified atom stereocenters. The number of nitrogens with zero attached hydrogens (tertiary/aromatic N) is 5. The van der Waals surface area contributed by atoms with E-state index < -0.39 is 5.82 Å². The first-order valence-electron chi connectivity index (χ1n) is 16.0. The molecule has 11 heteroatoms. The van der Waals surface area contributed by atoms with Crippen molar-refractivity contribution in [3.8, 4) is 17.2 Å². The van der Waals surface area contributed by atoms with Gasteiger partial charge in [0.1, 0.15) is 29.7 Å². The van der Waals surface area contributed by atoms with Crippen LogP contribution in [0.25, 0.3) is 0 Å². The molecule has 1 saturated carbocycles. The van der Waals surface area contributed by atoms with E-state index in [-0.39, 0.29) is 34.8 Å². The largest absolute Gasteiger partial charge is 0.490 e. The van der Waals surface area contributed by atoms with E-state index >= 15 is 0 Å². The lowest BCUT2D eigenvalue weighted by atomic mass is 9.61. The van der Waals surface area contributed by atoms with Crippen LogP contribution < -0.4 is 19.7 Å². The Morgan fingerprint density at radius 3 is 2.78 bits per heavy atom. The van der Waals surface area contributed by atoms with Crippen LogP contribution in [0.3, 0.4) is 0 Å². The summed E-state index contributed by atoms with van der Waals surface area (Å²) in [5.74, 6) is 2.76. The van der Waals surface area contributed by atoms with Gasteiger partial charge in [0.2, 0.25) is 0 Å². The number of pyridine rings is 1. The summed E-state index contributed by atoms with van der Waals surface area (Å²) < 4.78 is 27.2. The smallest absolute Gasteiger partial charge is 0.257 e. The molecule has 1 aromatic carbocycles. The lowest BCUT2D eigenvalue weighted by molar-refractivity contribution is -0.0351. The predicted octanol–water partition coefficient (Wildman–Crippen LogP) is 6.05. The lowest BCUT2D eigenvalue weighted by Crippen LogP contribution is -2.65. The van der Waals surface area contributed by atoms with Crippen LogP contribution in [0.4, 0.5) is 10.2 Å². The highest BCUT2D eigenvalue weighted by molar-refractivity contribution is 7.98. The fraction of sp³-hybridized carbons (Fsp3) is 0.529. The number of hydrogen-bond acceptors (Lipinski definition) is 9. The zero-order valence-corrected chi connectivity index (χ0v) is 27.4. The SMILES string of the molecule is CCN(C(=O)c1cc(F)ccc1Oc1cncnc1N1CC2(CC(Oc3ccnc4c3C(CCCSC)NCC4)C2)C1)C(C)C. The maximum atomic E-state index is 14.3. The molecule has 9 nitrogen and oxygen atoms in total. The molecule has 45 heavy (non-hydrogen) atoms. The molecule has 1 saturated heterocycles. The Balaban J connectivity index is 1.11. The van der Waals surface area contributed by atoms with Crippen molar-refractivity contribution in [2.24, 2.45) is 5.41 Å². The van der Waals surface area contributed by atoms with Gasteiger partial charge in [0.15, 0.2) is 11.6 Å². The molecule has 2 fully saturated rings. The van der Waals surface area contributed by atoms with Gasteiger partial charge >= 0.3 is 0 Å². The molecule has 6 rings (SSSR count). The van der Waals surface area contributed by atoms with Crippen molar-refractivity contribution in [1.82, 2.24) is 25.2 Å². The number of anilines is 1. The highest BCUT2D eigenvalue weighted by Crippen LogP contribution is 2.52.